The molecule has 4 amide bonds. The smallest absolute Gasteiger partial charge is 0.314 e. The second kappa shape index (κ2) is 12.1. The minimum absolute atomic E-state index is 0.0534. The molecule has 1 aromatic rings. The maximum atomic E-state index is 13.2. The minimum Gasteiger partial charge on any atom is -0.351 e. The summed E-state index contributed by atoms with van der Waals surface area (Å²) in [7, 11) is -3.85. The van der Waals surface area contributed by atoms with Gasteiger partial charge in [0.1, 0.15) is 6.04 Å². The van der Waals surface area contributed by atoms with E-state index in [2.05, 4.69) is 9.62 Å². The van der Waals surface area contributed by atoms with Gasteiger partial charge in [0, 0.05) is 62.1 Å². The van der Waals surface area contributed by atoms with E-state index in [1.165, 1.54) is 22.3 Å². The Hall–Kier alpha value is -2.19. The van der Waals surface area contributed by atoms with Crippen LogP contribution in [-0.2, 0) is 19.6 Å². The van der Waals surface area contributed by atoms with E-state index in [0.717, 1.165) is 24.8 Å². The van der Waals surface area contributed by atoms with Crippen molar-refractivity contribution in [3.05, 3.63) is 26.8 Å². The monoisotopic (exact) mass is 572 g/mol. The van der Waals surface area contributed by atoms with Gasteiger partial charge >= 0.3 is 6.03 Å². The summed E-state index contributed by atoms with van der Waals surface area (Å²) in [4.78, 5) is 45.4. The molecule has 0 saturated carbocycles. The van der Waals surface area contributed by atoms with Gasteiger partial charge in [-0.2, -0.15) is 4.72 Å². The molecule has 3 N–H and O–H groups in total. The number of hydrogen-bond donors (Lipinski definition) is 2. The molecule has 0 bridgehead atoms. The van der Waals surface area contributed by atoms with Crippen LogP contribution in [0.25, 0.3) is 6.08 Å². The third-order valence-corrected chi connectivity index (χ3v) is 9.32. The number of nitrogens with two attached hydrogens (primary N) is 1. The Balaban J connectivity index is 1.30. The summed E-state index contributed by atoms with van der Waals surface area (Å²) in [6.45, 7) is 4.28. The van der Waals surface area contributed by atoms with Gasteiger partial charge in [-0.3, -0.25) is 14.5 Å². The number of carbonyl (C=O) groups excluding carboxylic acids is 3. The molecule has 4 heterocycles. The molecule has 204 valence electrons. The van der Waals surface area contributed by atoms with Crippen molar-refractivity contribution in [2.75, 3.05) is 52.4 Å². The molecule has 3 fully saturated rings. The van der Waals surface area contributed by atoms with E-state index in [1.807, 2.05) is 4.90 Å². The number of halogens is 1. The Morgan fingerprint density at radius 1 is 1.11 bits per heavy atom. The van der Waals surface area contributed by atoms with Gasteiger partial charge < -0.3 is 20.4 Å². The molecular weight excluding hydrogens is 540 g/mol. The van der Waals surface area contributed by atoms with Crippen molar-refractivity contribution in [1.82, 2.24) is 24.3 Å². The number of piperazine rings is 1. The van der Waals surface area contributed by atoms with E-state index >= 15 is 0 Å². The average Bonchev–Trinajstić information content (AvgIpc) is 3.49. The summed E-state index contributed by atoms with van der Waals surface area (Å²) in [6, 6.07) is 2.13. The van der Waals surface area contributed by atoms with Crippen molar-refractivity contribution in [2.24, 2.45) is 5.73 Å². The number of rotatable bonds is 8. The van der Waals surface area contributed by atoms with E-state index in [1.54, 1.807) is 17.0 Å². The molecule has 2 atom stereocenters. The molecule has 11 nitrogen and oxygen atoms in total. The fourth-order valence-electron chi connectivity index (χ4n) is 5.08. The number of piperidine rings is 1. The number of hydrogen-bond acceptors (Lipinski definition) is 7. The molecule has 0 unspecified atom stereocenters. The fraction of sp³-hybridized carbons (Fsp3) is 0.609. The van der Waals surface area contributed by atoms with Crippen LogP contribution < -0.4 is 10.5 Å². The summed E-state index contributed by atoms with van der Waals surface area (Å²) >= 11 is 7.13. The van der Waals surface area contributed by atoms with Gasteiger partial charge in [0.15, 0.2) is 0 Å². The number of nitrogens with one attached hydrogen (secondary N) is 1. The average molecular weight is 573 g/mol. The van der Waals surface area contributed by atoms with Crippen LogP contribution in [0.5, 0.6) is 0 Å². The van der Waals surface area contributed by atoms with Crippen LogP contribution in [0.15, 0.2) is 17.5 Å². The minimum atomic E-state index is -3.85. The largest absolute Gasteiger partial charge is 0.351 e. The van der Waals surface area contributed by atoms with Crippen LogP contribution in [0.1, 0.15) is 30.6 Å². The molecular formula is C23H33ClN6O5S2. The number of nitrogens with zero attached hydrogens (tertiary/aromatic N) is 4. The first kappa shape index (κ1) is 27.8. The number of thiophene rings is 1. The molecule has 4 rings (SSSR count). The normalized spacial score (nSPS) is 23.8. The highest BCUT2D eigenvalue weighted by Crippen LogP contribution is 2.23. The maximum Gasteiger partial charge on any atom is 0.314 e. The zero-order valence-electron chi connectivity index (χ0n) is 20.6. The van der Waals surface area contributed by atoms with Gasteiger partial charge in [-0.25, -0.2) is 13.2 Å². The second-order valence-electron chi connectivity index (χ2n) is 9.57. The van der Waals surface area contributed by atoms with Crippen LogP contribution in [0, 0.1) is 0 Å². The van der Waals surface area contributed by atoms with Gasteiger partial charge in [-0.05, 0) is 43.9 Å². The van der Waals surface area contributed by atoms with Gasteiger partial charge in [0.05, 0.1) is 10.9 Å². The Kier molecular flexibility index (Phi) is 9.11. The highest BCUT2D eigenvalue weighted by atomic mass is 35.5. The van der Waals surface area contributed by atoms with Crippen molar-refractivity contribution in [1.29, 1.82) is 0 Å². The number of sulfonamides is 1. The number of urea groups is 1. The van der Waals surface area contributed by atoms with Crippen LogP contribution in [0.4, 0.5) is 4.79 Å². The fourth-order valence-corrected chi connectivity index (χ4v) is 7.14. The van der Waals surface area contributed by atoms with Crippen molar-refractivity contribution < 1.29 is 22.8 Å². The first-order chi connectivity index (χ1) is 17.6. The van der Waals surface area contributed by atoms with E-state index in [-0.39, 0.29) is 24.4 Å². The van der Waals surface area contributed by atoms with Crippen LogP contribution in [0.2, 0.25) is 4.34 Å². The lowest BCUT2D eigenvalue weighted by Gasteiger charge is -2.37. The highest BCUT2D eigenvalue weighted by Gasteiger charge is 2.36. The summed E-state index contributed by atoms with van der Waals surface area (Å²) < 4.78 is 28.1. The summed E-state index contributed by atoms with van der Waals surface area (Å²) in [5.41, 5.74) is 5.36. The topological polar surface area (TPSA) is 136 Å². The number of amides is 4. The van der Waals surface area contributed by atoms with Crippen molar-refractivity contribution in [3.63, 3.8) is 0 Å². The van der Waals surface area contributed by atoms with E-state index in [0.29, 0.717) is 61.3 Å². The molecule has 3 aliphatic rings. The van der Waals surface area contributed by atoms with Crippen LogP contribution >= 0.6 is 22.9 Å². The molecule has 0 spiro atoms. The number of carbonyl (C=O) groups is 3. The predicted octanol–water partition coefficient (Wildman–Crippen LogP) is 0.970. The van der Waals surface area contributed by atoms with E-state index in [9.17, 15) is 22.8 Å². The molecule has 0 aliphatic carbocycles. The lowest BCUT2D eigenvalue weighted by Crippen LogP contribution is -2.56. The predicted molar refractivity (Wildman–Crippen MR) is 142 cm³/mol. The Morgan fingerprint density at radius 2 is 1.84 bits per heavy atom. The molecule has 37 heavy (non-hydrogen) atoms. The second-order valence-corrected chi connectivity index (χ2v) is 12.9. The summed E-state index contributed by atoms with van der Waals surface area (Å²) in [5, 5.41) is 1.03. The number of likely N-dealkylation sites (tertiary alicyclic amines) is 2. The van der Waals surface area contributed by atoms with Gasteiger partial charge in [-0.15, -0.1) is 11.3 Å². The molecule has 1 aromatic heterocycles. The van der Waals surface area contributed by atoms with E-state index < -0.39 is 22.1 Å². The standard InChI is InChI=1S/C23H33ClN6O5S2/c24-20-6-5-18(36-20)7-14-37(34,35)26-19-4-2-8-29(22(19)32)16-21(31)30-9-1-3-17(30)15-27-10-12-28(13-11-27)23(25)33/h5-7,14,17,19,26H,1-4,8-13,15-16H2,(H2,25,33)/b14-7+/t17-,19-/m0/s1. The molecule has 14 heteroatoms. The van der Waals surface area contributed by atoms with Gasteiger partial charge in [-0.1, -0.05) is 11.6 Å². The van der Waals surface area contributed by atoms with Gasteiger partial charge in [0.25, 0.3) is 0 Å². The zero-order valence-corrected chi connectivity index (χ0v) is 22.9. The highest BCUT2D eigenvalue weighted by molar-refractivity contribution is 7.92. The van der Waals surface area contributed by atoms with E-state index in [4.69, 9.17) is 17.3 Å². The quantitative estimate of drug-likeness (QED) is 0.476. The third-order valence-electron chi connectivity index (χ3n) is 7.02. The van der Waals surface area contributed by atoms with Gasteiger partial charge in [0.2, 0.25) is 21.8 Å². The number of primary amides is 1. The molecule has 0 aromatic carbocycles. The molecule has 3 aliphatic heterocycles. The SMILES string of the molecule is NC(=O)N1CCN(C[C@@H]2CCCN2C(=O)CN2CCC[C@H](NS(=O)(=O)/C=C/c3ccc(Cl)s3)C2=O)CC1. The molecule has 3 saturated heterocycles. The first-order valence-electron chi connectivity index (χ1n) is 12.4. The lowest BCUT2D eigenvalue weighted by atomic mass is 10.1. The van der Waals surface area contributed by atoms with Crippen molar-refractivity contribution in [3.8, 4) is 0 Å². The van der Waals surface area contributed by atoms with Crippen LogP contribution in [0.3, 0.4) is 0 Å². The lowest BCUT2D eigenvalue weighted by molar-refractivity contribution is -0.143. The third kappa shape index (κ3) is 7.44. The maximum absolute atomic E-state index is 13.2. The Bertz CT molecular complexity index is 1130. The first-order valence-corrected chi connectivity index (χ1v) is 15.2. The zero-order chi connectivity index (χ0) is 26.6. The Labute approximate surface area is 226 Å². The van der Waals surface area contributed by atoms with Crippen molar-refractivity contribution >= 4 is 56.9 Å². The van der Waals surface area contributed by atoms with Crippen LogP contribution in [-0.4, -0.2) is 110 Å². The Morgan fingerprint density at radius 3 is 2.51 bits per heavy atom. The summed E-state index contributed by atoms with van der Waals surface area (Å²) in [6.07, 6.45) is 4.21. The molecule has 0 radical (unpaired) electrons. The van der Waals surface area contributed by atoms with Crippen molar-refractivity contribution in [2.45, 2.75) is 37.8 Å². The summed E-state index contributed by atoms with van der Waals surface area (Å²) in [5.74, 6) is -0.501.